The monoisotopic (exact) mass is 461 g/mol. The van der Waals surface area contributed by atoms with Crippen molar-refractivity contribution in [1.29, 1.82) is 0 Å². The van der Waals surface area contributed by atoms with Crippen molar-refractivity contribution >= 4 is 16.9 Å². The molecule has 4 rings (SSSR count). The van der Waals surface area contributed by atoms with E-state index in [-0.39, 0.29) is 17.9 Å². The lowest BCUT2D eigenvalue weighted by Gasteiger charge is -2.23. The lowest BCUT2D eigenvalue weighted by Crippen LogP contribution is -2.35. The number of imidazole rings is 1. The first kappa shape index (κ1) is 24.3. The molecule has 1 amide bonds. The van der Waals surface area contributed by atoms with Gasteiger partial charge in [-0.15, -0.1) is 0 Å². The maximum atomic E-state index is 12.9. The number of ether oxygens (including phenoxy) is 1. The smallest absolute Gasteiger partial charge is 0.223 e. The molecule has 1 saturated carbocycles. The second-order valence-corrected chi connectivity index (χ2v) is 10.1. The van der Waals surface area contributed by atoms with Crippen LogP contribution in [0.5, 0.6) is 5.75 Å². The number of benzene rings is 2. The van der Waals surface area contributed by atoms with Crippen molar-refractivity contribution < 1.29 is 9.53 Å². The Morgan fingerprint density at radius 3 is 2.65 bits per heavy atom. The fraction of sp³-hybridized carbons (Fsp3) is 0.517. The molecule has 182 valence electrons. The van der Waals surface area contributed by atoms with Gasteiger partial charge in [0.05, 0.1) is 23.7 Å². The van der Waals surface area contributed by atoms with Gasteiger partial charge in [0.2, 0.25) is 5.91 Å². The van der Waals surface area contributed by atoms with Crippen molar-refractivity contribution in [3.05, 3.63) is 59.4 Å². The standard InChI is InChI=1S/C29H39N3O2/c1-20(2)24-16-15-21(3)19-27(24)34-18-10-17-32-26-14-9-8-13-25(26)31-28(32)22(4)30-29(33)23-11-6-5-7-12-23/h8-9,13-16,19-20,22-23H,5-7,10-12,17-18H2,1-4H3,(H,30,33). The fourth-order valence-electron chi connectivity index (χ4n) is 5.07. The first-order valence-corrected chi connectivity index (χ1v) is 12.9. The molecule has 5 heteroatoms. The van der Waals surface area contributed by atoms with Crippen molar-refractivity contribution in [1.82, 2.24) is 14.9 Å². The van der Waals surface area contributed by atoms with Crippen LogP contribution in [0.2, 0.25) is 0 Å². The number of amides is 1. The second kappa shape index (κ2) is 11.1. The summed E-state index contributed by atoms with van der Waals surface area (Å²) in [6.45, 7) is 9.98. The van der Waals surface area contributed by atoms with E-state index in [4.69, 9.17) is 9.72 Å². The van der Waals surface area contributed by atoms with E-state index in [9.17, 15) is 4.79 Å². The molecular formula is C29H39N3O2. The third kappa shape index (κ3) is 5.63. The number of carbonyl (C=O) groups is 1. The SMILES string of the molecule is Cc1ccc(C(C)C)c(OCCCn2c(C(C)NC(=O)C3CCCCC3)nc3ccccc32)c1. The van der Waals surface area contributed by atoms with Crippen LogP contribution in [0.3, 0.4) is 0 Å². The number of hydrogen-bond donors (Lipinski definition) is 1. The average Bonchev–Trinajstić information content (AvgIpc) is 3.21. The van der Waals surface area contributed by atoms with Crippen molar-refractivity contribution in [2.24, 2.45) is 5.92 Å². The third-order valence-electron chi connectivity index (χ3n) is 6.98. The molecule has 1 atom stereocenters. The summed E-state index contributed by atoms with van der Waals surface area (Å²) >= 11 is 0. The number of hydrogen-bond acceptors (Lipinski definition) is 3. The minimum absolute atomic E-state index is 0.132. The van der Waals surface area contributed by atoms with E-state index in [0.29, 0.717) is 12.5 Å². The van der Waals surface area contributed by atoms with Crippen molar-refractivity contribution in [2.45, 2.75) is 84.7 Å². The molecule has 0 spiro atoms. The molecule has 1 fully saturated rings. The molecule has 0 aliphatic heterocycles. The average molecular weight is 462 g/mol. The molecule has 0 bridgehead atoms. The van der Waals surface area contributed by atoms with E-state index in [1.165, 1.54) is 17.5 Å². The molecule has 3 aromatic rings. The molecule has 0 radical (unpaired) electrons. The minimum Gasteiger partial charge on any atom is -0.493 e. The molecule has 0 saturated heterocycles. The molecule has 1 aliphatic carbocycles. The number of nitrogens with zero attached hydrogens (tertiary/aromatic N) is 2. The molecule has 1 aromatic heterocycles. The van der Waals surface area contributed by atoms with Crippen molar-refractivity contribution in [3.63, 3.8) is 0 Å². The molecule has 5 nitrogen and oxygen atoms in total. The lowest BCUT2D eigenvalue weighted by atomic mass is 9.88. The third-order valence-corrected chi connectivity index (χ3v) is 6.98. The number of fused-ring (bicyclic) bond motifs is 1. The first-order valence-electron chi connectivity index (χ1n) is 12.9. The zero-order valence-corrected chi connectivity index (χ0v) is 21.1. The highest BCUT2D eigenvalue weighted by molar-refractivity contribution is 5.80. The highest BCUT2D eigenvalue weighted by Gasteiger charge is 2.24. The highest BCUT2D eigenvalue weighted by Crippen LogP contribution is 2.28. The van der Waals surface area contributed by atoms with Crippen LogP contribution in [0.1, 0.15) is 88.2 Å². The van der Waals surface area contributed by atoms with Crippen LogP contribution in [0, 0.1) is 12.8 Å². The summed E-state index contributed by atoms with van der Waals surface area (Å²) < 4.78 is 8.48. The van der Waals surface area contributed by atoms with Gasteiger partial charge in [0.25, 0.3) is 0 Å². The molecule has 1 aliphatic rings. The van der Waals surface area contributed by atoms with Crippen LogP contribution in [-0.2, 0) is 11.3 Å². The van der Waals surface area contributed by atoms with Gasteiger partial charge in [0.15, 0.2) is 0 Å². The molecule has 34 heavy (non-hydrogen) atoms. The normalized spacial score (nSPS) is 15.6. The number of aromatic nitrogens is 2. The van der Waals surface area contributed by atoms with E-state index in [2.05, 4.69) is 61.8 Å². The quantitative estimate of drug-likeness (QED) is 0.361. The van der Waals surface area contributed by atoms with Crippen LogP contribution in [-0.4, -0.2) is 22.1 Å². The Balaban J connectivity index is 1.45. The van der Waals surface area contributed by atoms with Gasteiger partial charge in [0, 0.05) is 12.5 Å². The predicted octanol–water partition coefficient (Wildman–Crippen LogP) is 6.69. The second-order valence-electron chi connectivity index (χ2n) is 10.1. The fourth-order valence-corrected chi connectivity index (χ4v) is 5.07. The van der Waals surface area contributed by atoms with Gasteiger partial charge >= 0.3 is 0 Å². The Morgan fingerprint density at radius 2 is 1.88 bits per heavy atom. The van der Waals surface area contributed by atoms with Crippen LogP contribution in [0.4, 0.5) is 0 Å². The summed E-state index contributed by atoms with van der Waals surface area (Å²) in [5, 5.41) is 3.26. The number of para-hydroxylation sites is 2. The molecular weight excluding hydrogens is 422 g/mol. The largest absolute Gasteiger partial charge is 0.493 e. The Labute approximate surface area is 203 Å². The number of carbonyl (C=O) groups excluding carboxylic acids is 1. The summed E-state index contributed by atoms with van der Waals surface area (Å²) in [5.74, 6) is 2.65. The van der Waals surface area contributed by atoms with Crippen molar-refractivity contribution in [2.75, 3.05) is 6.61 Å². The molecule has 2 aromatic carbocycles. The number of aryl methyl sites for hydroxylation is 2. The summed E-state index contributed by atoms with van der Waals surface area (Å²) in [6, 6.07) is 14.5. The van der Waals surface area contributed by atoms with E-state index < -0.39 is 0 Å². The van der Waals surface area contributed by atoms with Gasteiger partial charge in [-0.05, 0) is 68.4 Å². The van der Waals surface area contributed by atoms with E-state index in [1.807, 2.05) is 18.2 Å². The first-order chi connectivity index (χ1) is 16.4. The maximum absolute atomic E-state index is 12.9. The zero-order chi connectivity index (χ0) is 24.1. The number of nitrogens with one attached hydrogen (secondary N) is 1. The summed E-state index contributed by atoms with van der Waals surface area (Å²) in [6.07, 6.45) is 6.43. The maximum Gasteiger partial charge on any atom is 0.223 e. The van der Waals surface area contributed by atoms with Gasteiger partial charge in [-0.1, -0.05) is 57.4 Å². The van der Waals surface area contributed by atoms with E-state index >= 15 is 0 Å². The van der Waals surface area contributed by atoms with Crippen LogP contribution in [0.25, 0.3) is 11.0 Å². The summed E-state index contributed by atoms with van der Waals surface area (Å²) in [7, 11) is 0. The molecule has 1 unspecified atom stereocenters. The van der Waals surface area contributed by atoms with Crippen LogP contribution < -0.4 is 10.1 Å². The molecule has 1 N–H and O–H groups in total. The summed E-state index contributed by atoms with van der Waals surface area (Å²) in [5.41, 5.74) is 4.54. The van der Waals surface area contributed by atoms with Gasteiger partial charge in [0.1, 0.15) is 11.6 Å². The van der Waals surface area contributed by atoms with Crippen LogP contribution in [0.15, 0.2) is 42.5 Å². The highest BCUT2D eigenvalue weighted by atomic mass is 16.5. The Hall–Kier alpha value is -2.82. The predicted molar refractivity (Wildman–Crippen MR) is 138 cm³/mol. The van der Waals surface area contributed by atoms with Gasteiger partial charge < -0.3 is 14.6 Å². The Bertz CT molecular complexity index is 1110. The van der Waals surface area contributed by atoms with Gasteiger partial charge in [-0.25, -0.2) is 4.98 Å². The molecule has 1 heterocycles. The van der Waals surface area contributed by atoms with E-state index in [1.54, 1.807) is 0 Å². The number of rotatable bonds is 9. The minimum atomic E-state index is -0.132. The topological polar surface area (TPSA) is 56.1 Å². The zero-order valence-electron chi connectivity index (χ0n) is 21.1. The Kier molecular flexibility index (Phi) is 7.91. The van der Waals surface area contributed by atoms with Gasteiger partial charge in [-0.3, -0.25) is 4.79 Å². The van der Waals surface area contributed by atoms with Crippen molar-refractivity contribution in [3.8, 4) is 5.75 Å². The lowest BCUT2D eigenvalue weighted by molar-refractivity contribution is -0.126. The summed E-state index contributed by atoms with van der Waals surface area (Å²) in [4.78, 5) is 17.8. The Morgan fingerprint density at radius 1 is 1.12 bits per heavy atom. The van der Waals surface area contributed by atoms with Gasteiger partial charge in [-0.2, -0.15) is 0 Å². The van der Waals surface area contributed by atoms with Crippen LogP contribution >= 0.6 is 0 Å². The van der Waals surface area contributed by atoms with E-state index in [0.717, 1.165) is 61.3 Å².